The Morgan fingerprint density at radius 1 is 1.33 bits per heavy atom. The quantitative estimate of drug-likeness (QED) is 0.884. The minimum absolute atomic E-state index is 0.153. The molecule has 108 valence electrons. The first-order valence-corrected chi connectivity index (χ1v) is 6.65. The van der Waals surface area contributed by atoms with Gasteiger partial charge in [-0.3, -0.25) is 9.78 Å². The molecule has 0 unspecified atom stereocenters. The maximum atomic E-state index is 12.2. The minimum atomic E-state index is -1.21. The molecule has 21 heavy (non-hydrogen) atoms. The average molecular weight is 351 g/mol. The Kier molecular flexibility index (Phi) is 4.54. The predicted molar refractivity (Wildman–Crippen MR) is 79.8 cm³/mol. The van der Waals surface area contributed by atoms with Gasteiger partial charge in [0.2, 0.25) is 0 Å². The molecule has 0 atom stereocenters. The summed E-state index contributed by atoms with van der Waals surface area (Å²) in [6, 6.07) is 7.84. The highest BCUT2D eigenvalue weighted by Crippen LogP contribution is 2.27. The van der Waals surface area contributed by atoms with Gasteiger partial charge < -0.3 is 15.2 Å². The van der Waals surface area contributed by atoms with Gasteiger partial charge in [0.15, 0.2) is 0 Å². The highest BCUT2D eigenvalue weighted by molar-refractivity contribution is 9.10. The van der Waals surface area contributed by atoms with Crippen molar-refractivity contribution in [1.29, 1.82) is 0 Å². The van der Waals surface area contributed by atoms with Crippen molar-refractivity contribution < 1.29 is 19.4 Å². The maximum Gasteiger partial charge on any atom is 0.338 e. The summed E-state index contributed by atoms with van der Waals surface area (Å²) in [4.78, 5) is 27.1. The SMILES string of the molecule is COc1ccc(Br)c(NC(=O)c2ncccc2C(=O)O)c1. The Morgan fingerprint density at radius 3 is 2.76 bits per heavy atom. The number of carboxylic acids is 1. The summed E-state index contributed by atoms with van der Waals surface area (Å²) in [5.41, 5.74) is 0.148. The average Bonchev–Trinajstić information content (AvgIpc) is 2.49. The van der Waals surface area contributed by atoms with Crippen LogP contribution >= 0.6 is 15.9 Å². The van der Waals surface area contributed by atoms with Crippen LogP contribution in [0.2, 0.25) is 0 Å². The maximum absolute atomic E-state index is 12.2. The van der Waals surface area contributed by atoms with Crippen molar-refractivity contribution >= 4 is 33.5 Å². The number of hydrogen-bond donors (Lipinski definition) is 2. The van der Waals surface area contributed by atoms with Gasteiger partial charge in [-0.05, 0) is 40.2 Å². The Bertz CT molecular complexity index is 703. The zero-order chi connectivity index (χ0) is 15.4. The van der Waals surface area contributed by atoms with Crippen LogP contribution < -0.4 is 10.1 Å². The number of benzene rings is 1. The molecule has 7 heteroatoms. The van der Waals surface area contributed by atoms with Gasteiger partial charge in [0.25, 0.3) is 5.91 Å². The first-order chi connectivity index (χ1) is 10.0. The number of halogens is 1. The summed E-state index contributed by atoms with van der Waals surface area (Å²) in [7, 11) is 1.51. The largest absolute Gasteiger partial charge is 0.497 e. The number of ether oxygens (including phenoxy) is 1. The van der Waals surface area contributed by atoms with E-state index in [1.54, 1.807) is 18.2 Å². The van der Waals surface area contributed by atoms with Crippen LogP contribution in [0.25, 0.3) is 0 Å². The molecule has 0 saturated carbocycles. The van der Waals surface area contributed by atoms with E-state index < -0.39 is 11.9 Å². The zero-order valence-corrected chi connectivity index (χ0v) is 12.5. The molecule has 2 aromatic rings. The topological polar surface area (TPSA) is 88.5 Å². The number of methoxy groups -OCH3 is 1. The highest BCUT2D eigenvalue weighted by Gasteiger charge is 2.18. The lowest BCUT2D eigenvalue weighted by Gasteiger charge is -2.10. The third kappa shape index (κ3) is 3.38. The summed E-state index contributed by atoms with van der Waals surface area (Å²) >= 11 is 3.30. The normalized spacial score (nSPS) is 10.0. The Morgan fingerprint density at radius 2 is 2.10 bits per heavy atom. The van der Waals surface area contributed by atoms with E-state index in [4.69, 9.17) is 9.84 Å². The molecule has 1 heterocycles. The van der Waals surface area contributed by atoms with Crippen molar-refractivity contribution in [3.8, 4) is 5.75 Å². The van der Waals surface area contributed by atoms with Crippen molar-refractivity contribution in [1.82, 2.24) is 4.98 Å². The van der Waals surface area contributed by atoms with E-state index in [2.05, 4.69) is 26.2 Å². The van der Waals surface area contributed by atoms with Crippen molar-refractivity contribution in [2.24, 2.45) is 0 Å². The number of nitrogens with zero attached hydrogens (tertiary/aromatic N) is 1. The number of pyridine rings is 1. The zero-order valence-electron chi connectivity index (χ0n) is 11.0. The number of amides is 1. The molecule has 0 bridgehead atoms. The van der Waals surface area contributed by atoms with Crippen LogP contribution in [0, 0.1) is 0 Å². The molecule has 1 aromatic carbocycles. The molecule has 0 aliphatic heterocycles. The number of anilines is 1. The molecule has 0 spiro atoms. The van der Waals surface area contributed by atoms with E-state index in [1.165, 1.54) is 25.4 Å². The molecular weight excluding hydrogens is 340 g/mol. The van der Waals surface area contributed by atoms with Gasteiger partial charge >= 0.3 is 5.97 Å². The monoisotopic (exact) mass is 350 g/mol. The van der Waals surface area contributed by atoms with Gasteiger partial charge in [0, 0.05) is 16.7 Å². The van der Waals surface area contributed by atoms with E-state index in [-0.39, 0.29) is 11.3 Å². The third-order valence-corrected chi connectivity index (χ3v) is 3.37. The lowest BCUT2D eigenvalue weighted by molar-refractivity contribution is 0.0691. The first kappa shape index (κ1) is 15.0. The van der Waals surface area contributed by atoms with Crippen molar-refractivity contribution in [2.75, 3.05) is 12.4 Å². The predicted octanol–water partition coefficient (Wildman–Crippen LogP) is 2.80. The number of aromatic carboxylic acids is 1. The summed E-state index contributed by atoms with van der Waals surface area (Å²) in [6.45, 7) is 0. The third-order valence-electron chi connectivity index (χ3n) is 2.67. The molecule has 0 radical (unpaired) electrons. The second kappa shape index (κ2) is 6.36. The summed E-state index contributed by atoms with van der Waals surface area (Å²) in [5, 5.41) is 11.7. The van der Waals surface area contributed by atoms with Gasteiger partial charge in [-0.15, -0.1) is 0 Å². The van der Waals surface area contributed by atoms with Gasteiger partial charge in [-0.2, -0.15) is 0 Å². The van der Waals surface area contributed by atoms with Gasteiger partial charge in [-0.25, -0.2) is 4.79 Å². The van der Waals surface area contributed by atoms with Crippen molar-refractivity contribution in [2.45, 2.75) is 0 Å². The Hall–Kier alpha value is -2.41. The fourth-order valence-corrected chi connectivity index (χ4v) is 2.01. The number of carbonyl (C=O) groups is 2. The molecule has 2 rings (SSSR count). The minimum Gasteiger partial charge on any atom is -0.497 e. The molecule has 0 fully saturated rings. The fourth-order valence-electron chi connectivity index (χ4n) is 1.67. The van der Waals surface area contributed by atoms with Crippen LogP contribution in [0.3, 0.4) is 0 Å². The van der Waals surface area contributed by atoms with Crippen molar-refractivity contribution in [3.63, 3.8) is 0 Å². The number of rotatable bonds is 4. The van der Waals surface area contributed by atoms with E-state index in [0.29, 0.717) is 15.9 Å². The van der Waals surface area contributed by atoms with Crippen LogP contribution in [-0.2, 0) is 0 Å². The van der Waals surface area contributed by atoms with Crippen LogP contribution in [0.4, 0.5) is 5.69 Å². The van der Waals surface area contributed by atoms with E-state index >= 15 is 0 Å². The number of carbonyl (C=O) groups excluding carboxylic acids is 1. The van der Waals surface area contributed by atoms with E-state index in [0.717, 1.165) is 0 Å². The Balaban J connectivity index is 2.33. The number of hydrogen-bond acceptors (Lipinski definition) is 4. The summed E-state index contributed by atoms with van der Waals surface area (Å²) in [5.74, 6) is -1.26. The molecule has 2 N–H and O–H groups in total. The van der Waals surface area contributed by atoms with Crippen molar-refractivity contribution in [3.05, 3.63) is 52.3 Å². The lowest BCUT2D eigenvalue weighted by Crippen LogP contribution is -2.18. The summed E-state index contributed by atoms with van der Waals surface area (Å²) in [6.07, 6.45) is 1.36. The van der Waals surface area contributed by atoms with E-state index in [1.807, 2.05) is 0 Å². The molecular formula is C14H11BrN2O4. The fraction of sp³-hybridized carbons (Fsp3) is 0.0714. The standard InChI is InChI=1S/C14H11BrN2O4/c1-21-8-4-5-10(15)11(7-8)17-13(18)12-9(14(19)20)3-2-6-16-12/h2-7H,1H3,(H,17,18)(H,19,20). The van der Waals surface area contributed by atoms with Crippen LogP contribution in [0.5, 0.6) is 5.75 Å². The molecule has 0 aliphatic carbocycles. The van der Waals surface area contributed by atoms with Gasteiger partial charge in [0.05, 0.1) is 18.4 Å². The lowest BCUT2D eigenvalue weighted by atomic mass is 10.2. The highest BCUT2D eigenvalue weighted by atomic mass is 79.9. The second-order valence-corrected chi connectivity index (χ2v) is 4.86. The second-order valence-electron chi connectivity index (χ2n) is 4.00. The smallest absolute Gasteiger partial charge is 0.338 e. The van der Waals surface area contributed by atoms with Crippen LogP contribution in [0.1, 0.15) is 20.8 Å². The number of aromatic nitrogens is 1. The number of nitrogens with one attached hydrogen (secondary N) is 1. The van der Waals surface area contributed by atoms with Crippen LogP contribution in [0.15, 0.2) is 41.0 Å². The summed E-state index contributed by atoms with van der Waals surface area (Å²) < 4.78 is 5.72. The van der Waals surface area contributed by atoms with Crippen LogP contribution in [-0.4, -0.2) is 29.1 Å². The molecule has 6 nitrogen and oxygen atoms in total. The molecule has 1 amide bonds. The van der Waals surface area contributed by atoms with Gasteiger partial charge in [0.1, 0.15) is 11.4 Å². The first-order valence-electron chi connectivity index (χ1n) is 5.86. The van der Waals surface area contributed by atoms with E-state index in [9.17, 15) is 9.59 Å². The Labute approximate surface area is 128 Å². The molecule has 0 aliphatic rings. The van der Waals surface area contributed by atoms with Gasteiger partial charge in [-0.1, -0.05) is 0 Å². The number of carboxylic acid groups (broad SMARTS) is 1. The molecule has 1 aromatic heterocycles. The molecule has 0 saturated heterocycles.